The molecule has 1 fully saturated rings. The number of benzene rings is 1. The van der Waals surface area contributed by atoms with Gasteiger partial charge in [0.1, 0.15) is 0 Å². The zero-order chi connectivity index (χ0) is 15.5. The van der Waals surface area contributed by atoms with Gasteiger partial charge in [-0.3, -0.25) is 5.32 Å². The SMILES string of the molecule is Cc1ccc([C@H]2C[C@@H](C)N(C(=O)Nc3cccnn3)C2)cc1. The summed E-state index contributed by atoms with van der Waals surface area (Å²) in [5.41, 5.74) is 2.55. The Labute approximate surface area is 130 Å². The Morgan fingerprint density at radius 1 is 1.27 bits per heavy atom. The normalized spacial score (nSPS) is 20.9. The van der Waals surface area contributed by atoms with Crippen LogP contribution < -0.4 is 5.32 Å². The number of nitrogens with one attached hydrogen (secondary N) is 1. The number of aromatic nitrogens is 2. The molecule has 2 heterocycles. The predicted octanol–water partition coefficient (Wildman–Crippen LogP) is 3.19. The average molecular weight is 296 g/mol. The molecule has 22 heavy (non-hydrogen) atoms. The minimum absolute atomic E-state index is 0.109. The molecule has 0 unspecified atom stereocenters. The van der Waals surface area contributed by atoms with Gasteiger partial charge in [-0.15, -0.1) is 5.10 Å². The zero-order valence-corrected chi connectivity index (χ0v) is 12.9. The van der Waals surface area contributed by atoms with Crippen LogP contribution in [0.25, 0.3) is 0 Å². The van der Waals surface area contributed by atoms with Crippen molar-refractivity contribution in [1.82, 2.24) is 15.1 Å². The number of likely N-dealkylation sites (tertiary alicyclic amines) is 1. The molecule has 1 N–H and O–H groups in total. The summed E-state index contributed by atoms with van der Waals surface area (Å²) in [6.45, 7) is 4.91. The third-order valence-electron chi connectivity index (χ3n) is 4.19. The first-order valence-electron chi connectivity index (χ1n) is 7.55. The fourth-order valence-corrected chi connectivity index (χ4v) is 2.94. The number of amides is 2. The Bertz CT molecular complexity index is 641. The molecule has 2 atom stereocenters. The molecule has 5 heteroatoms. The quantitative estimate of drug-likeness (QED) is 0.926. The van der Waals surface area contributed by atoms with Gasteiger partial charge in [-0.25, -0.2) is 4.79 Å². The van der Waals surface area contributed by atoms with E-state index >= 15 is 0 Å². The number of hydrogen-bond donors (Lipinski definition) is 1. The lowest BCUT2D eigenvalue weighted by molar-refractivity contribution is 0.209. The van der Waals surface area contributed by atoms with E-state index in [2.05, 4.69) is 53.6 Å². The first-order chi connectivity index (χ1) is 10.6. The van der Waals surface area contributed by atoms with Crippen molar-refractivity contribution in [1.29, 1.82) is 0 Å². The van der Waals surface area contributed by atoms with Crippen molar-refractivity contribution in [2.24, 2.45) is 0 Å². The van der Waals surface area contributed by atoms with Gasteiger partial charge in [-0.05, 0) is 38.0 Å². The van der Waals surface area contributed by atoms with Gasteiger partial charge in [0.05, 0.1) is 0 Å². The summed E-state index contributed by atoms with van der Waals surface area (Å²) in [5, 5.41) is 10.5. The van der Waals surface area contributed by atoms with Crippen LogP contribution in [0.4, 0.5) is 10.6 Å². The van der Waals surface area contributed by atoms with Crippen LogP contribution >= 0.6 is 0 Å². The van der Waals surface area contributed by atoms with Gasteiger partial charge in [0.2, 0.25) is 0 Å². The van der Waals surface area contributed by atoms with Crippen molar-refractivity contribution in [3.05, 3.63) is 53.7 Å². The van der Waals surface area contributed by atoms with E-state index in [1.807, 2.05) is 4.90 Å². The molecule has 1 aliphatic heterocycles. The maximum Gasteiger partial charge on any atom is 0.323 e. The Balaban J connectivity index is 1.68. The second kappa shape index (κ2) is 6.13. The summed E-state index contributed by atoms with van der Waals surface area (Å²) < 4.78 is 0. The zero-order valence-electron chi connectivity index (χ0n) is 12.9. The summed E-state index contributed by atoms with van der Waals surface area (Å²) in [6.07, 6.45) is 2.57. The molecule has 1 aromatic carbocycles. The number of hydrogen-bond acceptors (Lipinski definition) is 3. The van der Waals surface area contributed by atoms with Crippen LogP contribution in [0.1, 0.15) is 30.4 Å². The lowest BCUT2D eigenvalue weighted by Crippen LogP contribution is -2.37. The van der Waals surface area contributed by atoms with E-state index in [1.165, 1.54) is 11.1 Å². The summed E-state index contributed by atoms with van der Waals surface area (Å²) in [6, 6.07) is 12.2. The molecule has 0 saturated carbocycles. The Kier molecular flexibility index (Phi) is 4.04. The minimum atomic E-state index is -0.109. The van der Waals surface area contributed by atoms with Crippen molar-refractivity contribution in [2.45, 2.75) is 32.2 Å². The van der Waals surface area contributed by atoms with Crippen molar-refractivity contribution < 1.29 is 4.79 Å². The maximum atomic E-state index is 12.4. The van der Waals surface area contributed by atoms with E-state index in [1.54, 1.807) is 18.3 Å². The highest BCUT2D eigenvalue weighted by Crippen LogP contribution is 2.32. The smallest absolute Gasteiger partial charge is 0.321 e. The van der Waals surface area contributed by atoms with E-state index in [-0.39, 0.29) is 12.1 Å². The first kappa shape index (κ1) is 14.5. The van der Waals surface area contributed by atoms with Crippen LogP contribution in [0.2, 0.25) is 0 Å². The largest absolute Gasteiger partial charge is 0.323 e. The highest BCUT2D eigenvalue weighted by atomic mass is 16.2. The Hall–Kier alpha value is -2.43. The van der Waals surface area contributed by atoms with Gasteiger partial charge >= 0.3 is 6.03 Å². The third kappa shape index (κ3) is 3.08. The van der Waals surface area contributed by atoms with Gasteiger partial charge in [0, 0.05) is 24.7 Å². The van der Waals surface area contributed by atoms with Crippen molar-refractivity contribution in [2.75, 3.05) is 11.9 Å². The number of nitrogens with zero attached hydrogens (tertiary/aromatic N) is 3. The van der Waals surface area contributed by atoms with E-state index < -0.39 is 0 Å². The molecule has 1 saturated heterocycles. The molecular weight excluding hydrogens is 276 g/mol. The first-order valence-corrected chi connectivity index (χ1v) is 7.55. The van der Waals surface area contributed by atoms with Gasteiger partial charge in [-0.2, -0.15) is 5.10 Å². The summed E-state index contributed by atoms with van der Waals surface area (Å²) in [7, 11) is 0. The molecule has 1 aromatic heterocycles. The second-order valence-corrected chi connectivity index (χ2v) is 5.88. The molecule has 2 amide bonds. The fraction of sp³-hybridized carbons (Fsp3) is 0.353. The van der Waals surface area contributed by atoms with Crippen molar-refractivity contribution in [3.8, 4) is 0 Å². The number of carbonyl (C=O) groups excluding carboxylic acids is 1. The molecule has 2 aromatic rings. The highest BCUT2D eigenvalue weighted by molar-refractivity contribution is 5.88. The number of rotatable bonds is 2. The number of urea groups is 1. The lowest BCUT2D eigenvalue weighted by atomic mass is 9.96. The molecule has 114 valence electrons. The molecule has 0 bridgehead atoms. The highest BCUT2D eigenvalue weighted by Gasteiger charge is 2.33. The van der Waals surface area contributed by atoms with Crippen LogP contribution in [0.15, 0.2) is 42.6 Å². The van der Waals surface area contributed by atoms with E-state index in [0.717, 1.165) is 13.0 Å². The molecule has 0 spiro atoms. The minimum Gasteiger partial charge on any atom is -0.321 e. The molecular formula is C17H20N4O. The summed E-state index contributed by atoms with van der Waals surface area (Å²) in [4.78, 5) is 14.3. The van der Waals surface area contributed by atoms with Crippen molar-refractivity contribution in [3.63, 3.8) is 0 Å². The van der Waals surface area contributed by atoms with Gasteiger partial charge < -0.3 is 4.90 Å². The standard InChI is InChI=1S/C17H20N4O/c1-12-5-7-14(8-6-12)15-10-13(2)21(11-15)17(22)19-16-4-3-9-18-20-16/h3-9,13,15H,10-11H2,1-2H3,(H,19,20,22)/t13-,15+/m1/s1. The number of anilines is 1. The Morgan fingerprint density at radius 3 is 2.73 bits per heavy atom. The van der Waals surface area contributed by atoms with Gasteiger partial charge in [0.15, 0.2) is 5.82 Å². The second-order valence-electron chi connectivity index (χ2n) is 5.88. The number of carbonyl (C=O) groups is 1. The Morgan fingerprint density at radius 2 is 2.05 bits per heavy atom. The van der Waals surface area contributed by atoms with E-state index in [9.17, 15) is 4.79 Å². The molecule has 3 rings (SSSR count). The van der Waals surface area contributed by atoms with Gasteiger partial charge in [-0.1, -0.05) is 29.8 Å². The van der Waals surface area contributed by atoms with Crippen LogP contribution in [0.3, 0.4) is 0 Å². The summed E-state index contributed by atoms with van der Waals surface area (Å²) in [5.74, 6) is 0.877. The van der Waals surface area contributed by atoms with E-state index in [4.69, 9.17) is 0 Å². The molecule has 5 nitrogen and oxygen atoms in total. The van der Waals surface area contributed by atoms with Crippen molar-refractivity contribution >= 4 is 11.8 Å². The summed E-state index contributed by atoms with van der Waals surface area (Å²) >= 11 is 0. The monoisotopic (exact) mass is 296 g/mol. The third-order valence-corrected chi connectivity index (χ3v) is 4.19. The van der Waals surface area contributed by atoms with Crippen LogP contribution in [0, 0.1) is 6.92 Å². The maximum absolute atomic E-state index is 12.4. The van der Waals surface area contributed by atoms with Crippen LogP contribution in [0.5, 0.6) is 0 Å². The topological polar surface area (TPSA) is 58.1 Å². The predicted molar refractivity (Wildman–Crippen MR) is 85.8 cm³/mol. The van der Waals surface area contributed by atoms with E-state index in [0.29, 0.717) is 11.7 Å². The lowest BCUT2D eigenvalue weighted by Gasteiger charge is -2.21. The van der Waals surface area contributed by atoms with Gasteiger partial charge in [0.25, 0.3) is 0 Å². The molecule has 1 aliphatic rings. The van der Waals surface area contributed by atoms with Crippen LogP contribution in [-0.2, 0) is 0 Å². The fourth-order valence-electron chi connectivity index (χ4n) is 2.94. The molecule has 0 aliphatic carbocycles. The molecule has 0 radical (unpaired) electrons. The van der Waals surface area contributed by atoms with Crippen LogP contribution in [-0.4, -0.2) is 33.7 Å². The average Bonchev–Trinajstić information content (AvgIpc) is 2.91. The number of aryl methyl sites for hydroxylation is 1.